The first-order valence-corrected chi connectivity index (χ1v) is 10.9. The molecule has 4 aromatic rings. The van der Waals surface area contributed by atoms with E-state index in [0.717, 1.165) is 47.7 Å². The molecule has 2 heterocycles. The number of hydrogen-bond acceptors (Lipinski definition) is 3. The van der Waals surface area contributed by atoms with Crippen LogP contribution in [0.15, 0.2) is 53.3 Å². The number of carbonyl (C=O) groups is 1. The molecule has 0 saturated heterocycles. The molecular formula is C24H21ClN4O2. The molecule has 0 atom stereocenters. The number of halogens is 1. The van der Waals surface area contributed by atoms with E-state index in [-0.39, 0.29) is 22.9 Å². The molecule has 2 fully saturated rings. The molecule has 0 radical (unpaired) electrons. The van der Waals surface area contributed by atoms with E-state index in [1.807, 2.05) is 48.5 Å². The van der Waals surface area contributed by atoms with Gasteiger partial charge in [-0.25, -0.2) is 5.10 Å². The minimum Gasteiger partial charge on any atom is -0.349 e. The highest BCUT2D eigenvalue weighted by Gasteiger charge is 2.54. The predicted octanol–water partition coefficient (Wildman–Crippen LogP) is 4.51. The third-order valence-electron chi connectivity index (χ3n) is 7.02. The zero-order chi connectivity index (χ0) is 21.2. The Kier molecular flexibility index (Phi) is 4.02. The van der Waals surface area contributed by atoms with Gasteiger partial charge >= 0.3 is 0 Å². The molecule has 2 aliphatic carbocycles. The lowest BCUT2D eigenvalue weighted by Crippen LogP contribution is -2.55. The number of H-pyrrole nitrogens is 2. The van der Waals surface area contributed by atoms with E-state index in [1.165, 1.54) is 0 Å². The number of fused-ring (bicyclic) bond motifs is 2. The van der Waals surface area contributed by atoms with Crippen LogP contribution in [0.5, 0.6) is 0 Å². The third-order valence-corrected chi connectivity index (χ3v) is 7.33. The monoisotopic (exact) mass is 432 g/mol. The molecule has 0 bridgehead atoms. The molecule has 3 N–H and O–H groups in total. The van der Waals surface area contributed by atoms with Crippen molar-refractivity contribution in [3.05, 3.63) is 75.3 Å². The van der Waals surface area contributed by atoms with Crippen LogP contribution in [0.2, 0.25) is 5.02 Å². The summed E-state index contributed by atoms with van der Waals surface area (Å²) >= 11 is 6.20. The van der Waals surface area contributed by atoms with Crippen molar-refractivity contribution in [1.82, 2.24) is 20.5 Å². The van der Waals surface area contributed by atoms with Gasteiger partial charge in [0.2, 0.25) is 0 Å². The number of nitrogens with one attached hydrogen (secondary N) is 3. The Labute approximate surface area is 183 Å². The van der Waals surface area contributed by atoms with Gasteiger partial charge in [0.25, 0.3) is 11.5 Å². The van der Waals surface area contributed by atoms with Crippen molar-refractivity contribution in [3.63, 3.8) is 0 Å². The van der Waals surface area contributed by atoms with E-state index in [2.05, 4.69) is 20.5 Å². The smallest absolute Gasteiger partial charge is 0.272 e. The number of para-hydroxylation sites is 1. The van der Waals surface area contributed by atoms with Crippen molar-refractivity contribution in [1.29, 1.82) is 0 Å². The summed E-state index contributed by atoms with van der Waals surface area (Å²) in [5.41, 5.74) is 2.47. The highest BCUT2D eigenvalue weighted by atomic mass is 35.5. The minimum absolute atomic E-state index is 0.0868. The Bertz CT molecular complexity index is 1390. The van der Waals surface area contributed by atoms with Gasteiger partial charge in [0.05, 0.1) is 21.6 Å². The molecule has 6 rings (SSSR count). The van der Waals surface area contributed by atoms with Crippen molar-refractivity contribution in [2.75, 3.05) is 0 Å². The second-order valence-corrected chi connectivity index (χ2v) is 9.46. The number of aromatic amines is 2. The maximum absolute atomic E-state index is 12.7. The van der Waals surface area contributed by atoms with Gasteiger partial charge in [-0.05, 0) is 49.3 Å². The van der Waals surface area contributed by atoms with Gasteiger partial charge in [-0.3, -0.25) is 9.59 Å². The van der Waals surface area contributed by atoms with Crippen LogP contribution in [0.1, 0.15) is 47.8 Å². The molecule has 7 heteroatoms. The molecule has 6 nitrogen and oxygen atoms in total. The van der Waals surface area contributed by atoms with E-state index in [4.69, 9.17) is 11.6 Å². The summed E-state index contributed by atoms with van der Waals surface area (Å²) in [4.78, 5) is 27.8. The van der Waals surface area contributed by atoms with E-state index >= 15 is 0 Å². The lowest BCUT2D eigenvalue weighted by Gasteiger charge is -2.57. The lowest BCUT2D eigenvalue weighted by atomic mass is 9.49. The fourth-order valence-corrected chi connectivity index (χ4v) is 5.78. The highest BCUT2D eigenvalue weighted by Crippen LogP contribution is 2.62. The zero-order valence-electron chi connectivity index (χ0n) is 16.7. The van der Waals surface area contributed by atoms with Crippen molar-refractivity contribution in [2.45, 2.75) is 37.6 Å². The summed E-state index contributed by atoms with van der Waals surface area (Å²) in [7, 11) is 0. The average Bonchev–Trinajstić information content (AvgIpc) is 3.16. The predicted molar refractivity (Wildman–Crippen MR) is 121 cm³/mol. The molecular weight excluding hydrogens is 412 g/mol. The van der Waals surface area contributed by atoms with Crippen LogP contribution in [0.3, 0.4) is 0 Å². The Hall–Kier alpha value is -3.12. The molecule has 156 valence electrons. The average molecular weight is 433 g/mol. The number of amides is 1. The van der Waals surface area contributed by atoms with Gasteiger partial charge in [0.15, 0.2) is 0 Å². The fraction of sp³-hybridized carbons (Fsp3) is 0.292. The van der Waals surface area contributed by atoms with Crippen LogP contribution in [-0.4, -0.2) is 27.1 Å². The van der Waals surface area contributed by atoms with Crippen LogP contribution in [0.4, 0.5) is 0 Å². The molecule has 1 amide bonds. The van der Waals surface area contributed by atoms with Crippen LogP contribution < -0.4 is 10.9 Å². The molecule has 31 heavy (non-hydrogen) atoms. The van der Waals surface area contributed by atoms with Gasteiger partial charge < -0.3 is 10.3 Å². The van der Waals surface area contributed by atoms with E-state index in [1.54, 1.807) is 0 Å². The number of carbonyl (C=O) groups excluding carboxylic acids is 1. The Morgan fingerprint density at radius 3 is 2.61 bits per heavy atom. The summed E-state index contributed by atoms with van der Waals surface area (Å²) in [6.45, 7) is 0. The molecule has 0 aliphatic heterocycles. The molecule has 0 unspecified atom stereocenters. The number of hydrogen-bond donors (Lipinski definition) is 3. The van der Waals surface area contributed by atoms with E-state index < -0.39 is 0 Å². The highest BCUT2D eigenvalue weighted by molar-refractivity contribution is 6.35. The van der Waals surface area contributed by atoms with Crippen molar-refractivity contribution >= 4 is 39.2 Å². The van der Waals surface area contributed by atoms with Gasteiger partial charge in [-0.1, -0.05) is 41.9 Å². The SMILES string of the molecule is O=C(NC1CC2(C1)CC(c1n[nH]c(=O)c3ccccc13)C2)c1cc2cccc(Cl)c2[nH]1. The van der Waals surface area contributed by atoms with Gasteiger partial charge in [0, 0.05) is 22.7 Å². The summed E-state index contributed by atoms with van der Waals surface area (Å²) < 4.78 is 0. The van der Waals surface area contributed by atoms with E-state index in [0.29, 0.717) is 22.0 Å². The summed E-state index contributed by atoms with van der Waals surface area (Å²) in [5, 5.41) is 13.4. The van der Waals surface area contributed by atoms with Crippen LogP contribution in [0, 0.1) is 5.41 Å². The second kappa shape index (κ2) is 6.69. The topological polar surface area (TPSA) is 90.6 Å². The van der Waals surface area contributed by atoms with Crippen molar-refractivity contribution in [3.8, 4) is 0 Å². The summed E-state index contributed by atoms with van der Waals surface area (Å²) in [6, 6.07) is 15.3. The lowest BCUT2D eigenvalue weighted by molar-refractivity contribution is -0.0197. The Morgan fingerprint density at radius 2 is 1.84 bits per heavy atom. The Balaban J connectivity index is 1.11. The second-order valence-electron chi connectivity index (χ2n) is 9.05. The molecule has 2 saturated carbocycles. The standard InChI is InChI=1S/C24H21ClN4O2/c25-18-7-3-4-13-8-19(27-21(13)18)23(31)26-15-11-24(12-15)9-14(10-24)20-16-5-1-2-6-17(16)22(30)29-28-20/h1-8,14-15,27H,9-12H2,(H,26,31)(H,29,30). The molecule has 2 aliphatic rings. The zero-order valence-corrected chi connectivity index (χ0v) is 17.5. The van der Waals surface area contributed by atoms with Crippen molar-refractivity contribution < 1.29 is 4.79 Å². The number of nitrogens with zero attached hydrogens (tertiary/aromatic N) is 1. The maximum Gasteiger partial charge on any atom is 0.272 e. The number of aromatic nitrogens is 3. The number of rotatable bonds is 3. The largest absolute Gasteiger partial charge is 0.349 e. The van der Waals surface area contributed by atoms with Gasteiger partial charge in [-0.15, -0.1) is 0 Å². The first kappa shape index (κ1) is 18.6. The maximum atomic E-state index is 12.7. The number of benzene rings is 2. The van der Waals surface area contributed by atoms with Crippen molar-refractivity contribution in [2.24, 2.45) is 5.41 Å². The fourth-order valence-electron chi connectivity index (χ4n) is 5.55. The first-order chi connectivity index (χ1) is 15.0. The molecule has 1 spiro atoms. The minimum atomic E-state index is -0.141. The molecule has 2 aromatic carbocycles. The van der Waals surface area contributed by atoms with Crippen LogP contribution >= 0.6 is 11.6 Å². The van der Waals surface area contributed by atoms with Crippen LogP contribution in [0.25, 0.3) is 21.7 Å². The van der Waals surface area contributed by atoms with Gasteiger partial charge in [-0.2, -0.15) is 5.10 Å². The normalized spacial score (nSPS) is 24.8. The van der Waals surface area contributed by atoms with E-state index in [9.17, 15) is 9.59 Å². The quantitative estimate of drug-likeness (QED) is 0.444. The Morgan fingerprint density at radius 1 is 1.06 bits per heavy atom. The summed E-state index contributed by atoms with van der Waals surface area (Å²) in [6.07, 6.45) is 4.06. The third kappa shape index (κ3) is 2.97. The van der Waals surface area contributed by atoms with Crippen LogP contribution in [-0.2, 0) is 0 Å². The van der Waals surface area contributed by atoms with Gasteiger partial charge in [0.1, 0.15) is 5.69 Å². The molecule has 2 aromatic heterocycles. The first-order valence-electron chi connectivity index (χ1n) is 10.6. The summed E-state index contributed by atoms with van der Waals surface area (Å²) in [5.74, 6) is 0.269.